The van der Waals surface area contributed by atoms with Gasteiger partial charge in [-0.1, -0.05) is 0 Å². The van der Waals surface area contributed by atoms with Gasteiger partial charge in [0.2, 0.25) is 0 Å². The zero-order valence-corrected chi connectivity index (χ0v) is 9.17. The van der Waals surface area contributed by atoms with Crippen LogP contribution in [0.15, 0.2) is 12.1 Å². The third-order valence-electron chi connectivity index (χ3n) is 2.76. The van der Waals surface area contributed by atoms with Gasteiger partial charge in [-0.25, -0.2) is 4.79 Å². The summed E-state index contributed by atoms with van der Waals surface area (Å²) in [7, 11) is 1.16. The second kappa shape index (κ2) is 4.04. The molecule has 1 aliphatic carbocycles. The maximum Gasteiger partial charge on any atom is 0.341 e. The first kappa shape index (κ1) is 11.4. The number of ether oxygens (including phenoxy) is 1. The Bertz CT molecular complexity index is 493. The van der Waals surface area contributed by atoms with Gasteiger partial charge in [0.1, 0.15) is 11.3 Å². The zero-order chi connectivity index (χ0) is 12.6. The second-order valence-corrected chi connectivity index (χ2v) is 3.95. The van der Waals surface area contributed by atoms with Crippen molar-refractivity contribution in [3.63, 3.8) is 0 Å². The van der Waals surface area contributed by atoms with E-state index in [1.54, 1.807) is 0 Å². The number of nitrogens with zero attached hydrogens (tertiary/aromatic N) is 1. The van der Waals surface area contributed by atoms with Gasteiger partial charge in [-0.2, -0.15) is 0 Å². The Balaban J connectivity index is 2.56. The minimum atomic E-state index is -0.770. The van der Waals surface area contributed by atoms with E-state index in [-0.39, 0.29) is 22.9 Å². The van der Waals surface area contributed by atoms with Crippen LogP contribution >= 0.6 is 0 Å². The summed E-state index contributed by atoms with van der Waals surface area (Å²) in [5.74, 6) is -0.864. The molecule has 0 atom stereocenters. The van der Waals surface area contributed by atoms with Gasteiger partial charge < -0.3 is 9.84 Å². The number of hydrogen-bond donors (Lipinski definition) is 1. The molecule has 1 N–H and O–H groups in total. The van der Waals surface area contributed by atoms with E-state index in [1.165, 1.54) is 6.07 Å². The molecule has 0 spiro atoms. The molecule has 2 rings (SSSR count). The molecule has 0 amide bonds. The molecule has 6 heteroatoms. The van der Waals surface area contributed by atoms with E-state index in [0.29, 0.717) is 5.56 Å². The molecular weight excluding hydrogens is 226 g/mol. The van der Waals surface area contributed by atoms with Crippen LogP contribution in [0.5, 0.6) is 5.75 Å². The molecule has 90 valence electrons. The Labute approximate surface area is 97.0 Å². The molecule has 0 unspecified atom stereocenters. The number of phenolic OH excluding ortho intramolecular Hbond substituents is 1. The maximum atomic E-state index is 11.4. The second-order valence-electron chi connectivity index (χ2n) is 3.95. The summed E-state index contributed by atoms with van der Waals surface area (Å²) in [6, 6.07) is 2.35. The number of esters is 1. The predicted octanol–water partition coefficient (Wildman–Crippen LogP) is 1.96. The Morgan fingerprint density at radius 3 is 2.65 bits per heavy atom. The van der Waals surface area contributed by atoms with E-state index in [0.717, 1.165) is 26.0 Å². The van der Waals surface area contributed by atoms with Crippen LogP contribution in [0.2, 0.25) is 0 Å². The van der Waals surface area contributed by atoms with Gasteiger partial charge in [0.15, 0.2) is 0 Å². The number of hydrogen-bond acceptors (Lipinski definition) is 5. The third kappa shape index (κ3) is 2.06. The molecule has 1 aromatic carbocycles. The number of carbonyl (C=O) groups excluding carboxylic acids is 1. The number of carbonyl (C=O) groups is 1. The number of methoxy groups -OCH3 is 1. The highest BCUT2D eigenvalue weighted by molar-refractivity contribution is 5.93. The molecular formula is C11H11NO5. The van der Waals surface area contributed by atoms with Crippen LogP contribution in [-0.4, -0.2) is 23.1 Å². The smallest absolute Gasteiger partial charge is 0.341 e. The van der Waals surface area contributed by atoms with Crippen LogP contribution in [-0.2, 0) is 4.74 Å². The zero-order valence-electron chi connectivity index (χ0n) is 9.17. The standard InChI is InChI=1S/C11H11NO5/c1-17-11(14)9-5-7(12(15)16)4-8(10(9)13)6-2-3-6/h4-6,13H,2-3H2,1H3. The number of aromatic hydroxyl groups is 1. The highest BCUT2D eigenvalue weighted by Gasteiger charge is 2.31. The average Bonchev–Trinajstić information content (AvgIpc) is 3.12. The number of rotatable bonds is 3. The van der Waals surface area contributed by atoms with Crippen molar-refractivity contribution in [1.82, 2.24) is 0 Å². The Morgan fingerprint density at radius 2 is 2.18 bits per heavy atom. The lowest BCUT2D eigenvalue weighted by atomic mass is 10.0. The third-order valence-corrected chi connectivity index (χ3v) is 2.76. The van der Waals surface area contributed by atoms with Crippen LogP contribution in [0.25, 0.3) is 0 Å². The average molecular weight is 237 g/mol. The van der Waals surface area contributed by atoms with Gasteiger partial charge >= 0.3 is 5.97 Å². The van der Waals surface area contributed by atoms with E-state index in [1.807, 2.05) is 0 Å². The fraction of sp³-hybridized carbons (Fsp3) is 0.364. The van der Waals surface area contributed by atoms with E-state index >= 15 is 0 Å². The number of benzene rings is 1. The summed E-state index contributed by atoms with van der Waals surface area (Å²) in [5, 5.41) is 20.6. The molecule has 6 nitrogen and oxygen atoms in total. The normalized spacial score (nSPS) is 14.4. The highest BCUT2D eigenvalue weighted by atomic mass is 16.6. The molecule has 0 bridgehead atoms. The quantitative estimate of drug-likeness (QED) is 0.493. The van der Waals surface area contributed by atoms with Crippen molar-refractivity contribution in [3.8, 4) is 5.75 Å². The van der Waals surface area contributed by atoms with Gasteiger partial charge in [-0.3, -0.25) is 10.1 Å². The van der Waals surface area contributed by atoms with Crippen molar-refractivity contribution >= 4 is 11.7 Å². The largest absolute Gasteiger partial charge is 0.507 e. The molecule has 1 aliphatic rings. The Kier molecular flexibility index (Phi) is 2.71. The Morgan fingerprint density at radius 1 is 1.53 bits per heavy atom. The summed E-state index contributed by atoms with van der Waals surface area (Å²) >= 11 is 0. The molecule has 0 saturated heterocycles. The maximum absolute atomic E-state index is 11.4. The number of nitro groups is 1. The van der Waals surface area contributed by atoms with Gasteiger partial charge in [-0.05, 0) is 18.8 Å². The van der Waals surface area contributed by atoms with Crippen molar-refractivity contribution in [2.24, 2.45) is 0 Å². The van der Waals surface area contributed by atoms with Crippen LogP contribution < -0.4 is 0 Å². The fourth-order valence-corrected chi connectivity index (χ4v) is 1.72. The van der Waals surface area contributed by atoms with E-state index in [2.05, 4.69) is 4.74 Å². The van der Waals surface area contributed by atoms with Gasteiger partial charge in [0.25, 0.3) is 5.69 Å². The predicted molar refractivity (Wildman–Crippen MR) is 58.1 cm³/mol. The summed E-state index contributed by atoms with van der Waals surface area (Å²) in [6.45, 7) is 0. The molecule has 0 heterocycles. The SMILES string of the molecule is COC(=O)c1cc([N+](=O)[O-])cc(C2CC2)c1O. The minimum absolute atomic E-state index is 0.110. The van der Waals surface area contributed by atoms with Gasteiger partial charge in [0.05, 0.1) is 12.0 Å². The summed E-state index contributed by atoms with van der Waals surface area (Å²) < 4.78 is 4.49. The first-order chi connectivity index (χ1) is 8.04. The summed E-state index contributed by atoms with van der Waals surface area (Å²) in [4.78, 5) is 21.6. The lowest BCUT2D eigenvalue weighted by molar-refractivity contribution is -0.385. The fourth-order valence-electron chi connectivity index (χ4n) is 1.72. The molecule has 0 radical (unpaired) electrons. The first-order valence-electron chi connectivity index (χ1n) is 5.14. The highest BCUT2D eigenvalue weighted by Crippen LogP contribution is 2.46. The lowest BCUT2D eigenvalue weighted by Crippen LogP contribution is -2.04. The Hall–Kier alpha value is -2.11. The summed E-state index contributed by atoms with van der Waals surface area (Å²) in [5.41, 5.74) is 0.105. The van der Waals surface area contributed by atoms with Crippen molar-refractivity contribution in [2.75, 3.05) is 7.11 Å². The minimum Gasteiger partial charge on any atom is -0.507 e. The summed E-state index contributed by atoms with van der Waals surface area (Å²) in [6.07, 6.45) is 1.74. The number of phenols is 1. The first-order valence-corrected chi connectivity index (χ1v) is 5.14. The van der Waals surface area contributed by atoms with Gasteiger partial charge in [0, 0.05) is 17.7 Å². The number of nitro benzene ring substituents is 1. The van der Waals surface area contributed by atoms with Gasteiger partial charge in [-0.15, -0.1) is 0 Å². The molecule has 1 saturated carbocycles. The molecule has 1 aromatic rings. The van der Waals surface area contributed by atoms with Crippen molar-refractivity contribution in [3.05, 3.63) is 33.4 Å². The molecule has 1 fully saturated rings. The van der Waals surface area contributed by atoms with Crippen LogP contribution in [0, 0.1) is 10.1 Å². The van der Waals surface area contributed by atoms with E-state index in [9.17, 15) is 20.0 Å². The molecule has 0 aliphatic heterocycles. The van der Waals surface area contributed by atoms with Crippen molar-refractivity contribution in [1.29, 1.82) is 0 Å². The van der Waals surface area contributed by atoms with Crippen LogP contribution in [0.3, 0.4) is 0 Å². The lowest BCUT2D eigenvalue weighted by Gasteiger charge is -2.07. The molecule has 0 aromatic heterocycles. The monoisotopic (exact) mass is 237 g/mol. The van der Waals surface area contributed by atoms with E-state index in [4.69, 9.17) is 0 Å². The molecule has 17 heavy (non-hydrogen) atoms. The van der Waals surface area contributed by atoms with E-state index < -0.39 is 10.9 Å². The van der Waals surface area contributed by atoms with Crippen molar-refractivity contribution < 1.29 is 19.6 Å². The topological polar surface area (TPSA) is 89.7 Å². The number of non-ortho nitro benzene ring substituents is 1. The van der Waals surface area contributed by atoms with Crippen LogP contribution in [0.4, 0.5) is 5.69 Å². The van der Waals surface area contributed by atoms with Crippen LogP contribution in [0.1, 0.15) is 34.7 Å². The van der Waals surface area contributed by atoms with Crippen molar-refractivity contribution in [2.45, 2.75) is 18.8 Å².